The van der Waals surface area contributed by atoms with Crippen molar-refractivity contribution in [3.05, 3.63) is 0 Å². The molecule has 0 bridgehead atoms. The minimum atomic E-state index is -0.0389. The van der Waals surface area contributed by atoms with Crippen LogP contribution in [0.4, 0.5) is 0 Å². The van der Waals surface area contributed by atoms with Crippen LogP contribution in [-0.2, 0) is 0 Å². The van der Waals surface area contributed by atoms with Crippen molar-refractivity contribution in [2.24, 2.45) is 0 Å². The lowest BCUT2D eigenvalue weighted by Gasteiger charge is -2.32. The molecule has 0 saturated heterocycles. The van der Waals surface area contributed by atoms with E-state index < -0.39 is 0 Å². The summed E-state index contributed by atoms with van der Waals surface area (Å²) in [6, 6.07) is 0.619. The number of hydrogen-bond donors (Lipinski definition) is 2. The first-order valence-corrected chi connectivity index (χ1v) is 4.93. The minimum absolute atomic E-state index is 0.0389. The third kappa shape index (κ3) is 3.55. The Balaban J connectivity index is 2.26. The number of aliphatic hydroxyl groups excluding tert-OH is 1. The monoisotopic (exact) mass is 171 g/mol. The normalized spacial score (nSPS) is 32.0. The Morgan fingerprint density at radius 1 is 1.08 bits per heavy atom. The van der Waals surface area contributed by atoms with E-state index in [9.17, 15) is 5.11 Å². The average molecular weight is 171 g/mol. The van der Waals surface area contributed by atoms with Gasteiger partial charge in [-0.05, 0) is 46.5 Å². The summed E-state index contributed by atoms with van der Waals surface area (Å²) in [7, 11) is 0. The van der Waals surface area contributed by atoms with Crippen LogP contribution in [0.25, 0.3) is 0 Å². The van der Waals surface area contributed by atoms with E-state index in [1.54, 1.807) is 0 Å². The molecule has 0 aliphatic heterocycles. The molecule has 0 heterocycles. The molecule has 2 N–H and O–H groups in total. The molecule has 1 fully saturated rings. The summed E-state index contributed by atoms with van der Waals surface area (Å²) in [6.07, 6.45) is 4.14. The topological polar surface area (TPSA) is 32.3 Å². The van der Waals surface area contributed by atoms with E-state index in [0.717, 1.165) is 25.7 Å². The van der Waals surface area contributed by atoms with Crippen LogP contribution in [0.1, 0.15) is 46.5 Å². The summed E-state index contributed by atoms with van der Waals surface area (Å²) < 4.78 is 0. The smallest absolute Gasteiger partial charge is 0.0541 e. The molecule has 0 aromatic rings. The number of rotatable bonds is 1. The van der Waals surface area contributed by atoms with E-state index >= 15 is 0 Å². The van der Waals surface area contributed by atoms with Crippen molar-refractivity contribution in [3.8, 4) is 0 Å². The molecule has 1 aliphatic carbocycles. The van der Waals surface area contributed by atoms with Crippen LogP contribution in [0.3, 0.4) is 0 Å². The molecule has 0 aromatic carbocycles. The van der Waals surface area contributed by atoms with E-state index in [0.29, 0.717) is 6.04 Å². The highest BCUT2D eigenvalue weighted by Crippen LogP contribution is 2.20. The SMILES string of the molecule is CC(C)(C)NC1CCC(O)CC1. The molecule has 2 heteroatoms. The van der Waals surface area contributed by atoms with Gasteiger partial charge in [-0.3, -0.25) is 0 Å². The molecule has 0 amide bonds. The molecule has 1 aliphatic rings. The maximum atomic E-state index is 9.30. The second-order valence-electron chi connectivity index (χ2n) is 4.90. The zero-order valence-electron chi connectivity index (χ0n) is 8.43. The van der Waals surface area contributed by atoms with Crippen molar-refractivity contribution in [2.75, 3.05) is 0 Å². The fourth-order valence-corrected chi connectivity index (χ4v) is 1.83. The van der Waals surface area contributed by atoms with Gasteiger partial charge >= 0.3 is 0 Å². The third-order valence-electron chi connectivity index (χ3n) is 2.33. The molecule has 0 unspecified atom stereocenters. The largest absolute Gasteiger partial charge is 0.393 e. The predicted octanol–water partition coefficient (Wildman–Crippen LogP) is 1.68. The zero-order valence-corrected chi connectivity index (χ0v) is 8.43. The summed E-state index contributed by atoms with van der Waals surface area (Å²) in [5.74, 6) is 0. The van der Waals surface area contributed by atoms with Crippen molar-refractivity contribution in [3.63, 3.8) is 0 Å². The maximum absolute atomic E-state index is 9.30. The quantitative estimate of drug-likeness (QED) is 0.629. The molecule has 0 aromatic heterocycles. The van der Waals surface area contributed by atoms with Gasteiger partial charge in [0.1, 0.15) is 0 Å². The molecule has 1 rings (SSSR count). The van der Waals surface area contributed by atoms with Gasteiger partial charge in [-0.2, -0.15) is 0 Å². The highest BCUT2D eigenvalue weighted by Gasteiger charge is 2.22. The van der Waals surface area contributed by atoms with Gasteiger partial charge < -0.3 is 10.4 Å². The van der Waals surface area contributed by atoms with Gasteiger partial charge in [0.05, 0.1) is 6.10 Å². The second-order valence-corrected chi connectivity index (χ2v) is 4.90. The zero-order chi connectivity index (χ0) is 9.19. The predicted molar refractivity (Wildman–Crippen MR) is 51.2 cm³/mol. The fraction of sp³-hybridized carbons (Fsp3) is 1.00. The van der Waals surface area contributed by atoms with Gasteiger partial charge in [-0.1, -0.05) is 0 Å². The highest BCUT2D eigenvalue weighted by atomic mass is 16.3. The molecule has 0 spiro atoms. The van der Waals surface area contributed by atoms with Crippen LogP contribution in [0.5, 0.6) is 0 Å². The van der Waals surface area contributed by atoms with Gasteiger partial charge in [-0.15, -0.1) is 0 Å². The van der Waals surface area contributed by atoms with Crippen molar-refractivity contribution in [1.82, 2.24) is 5.32 Å². The van der Waals surface area contributed by atoms with E-state index in [1.807, 2.05) is 0 Å². The number of nitrogens with one attached hydrogen (secondary N) is 1. The van der Waals surface area contributed by atoms with Gasteiger partial charge in [0, 0.05) is 11.6 Å². The van der Waals surface area contributed by atoms with E-state index in [1.165, 1.54) is 0 Å². The van der Waals surface area contributed by atoms with Crippen LogP contribution in [0.15, 0.2) is 0 Å². The molecule has 12 heavy (non-hydrogen) atoms. The Bertz CT molecular complexity index is 131. The Morgan fingerprint density at radius 3 is 2.00 bits per heavy atom. The lowest BCUT2D eigenvalue weighted by atomic mass is 9.91. The van der Waals surface area contributed by atoms with E-state index in [2.05, 4.69) is 26.1 Å². The lowest BCUT2D eigenvalue weighted by molar-refractivity contribution is 0.111. The van der Waals surface area contributed by atoms with Crippen LogP contribution < -0.4 is 5.32 Å². The second kappa shape index (κ2) is 3.75. The summed E-state index contributed by atoms with van der Waals surface area (Å²) in [5, 5.41) is 12.9. The van der Waals surface area contributed by atoms with Gasteiger partial charge in [0.25, 0.3) is 0 Å². The first-order chi connectivity index (χ1) is 5.47. The molecular formula is C10H21NO. The van der Waals surface area contributed by atoms with Crippen LogP contribution in [0, 0.1) is 0 Å². The van der Waals surface area contributed by atoms with E-state index in [4.69, 9.17) is 0 Å². The molecular weight excluding hydrogens is 150 g/mol. The van der Waals surface area contributed by atoms with Crippen molar-refractivity contribution in [1.29, 1.82) is 0 Å². The van der Waals surface area contributed by atoms with Gasteiger partial charge in [-0.25, -0.2) is 0 Å². The molecule has 2 nitrogen and oxygen atoms in total. The van der Waals surface area contributed by atoms with Crippen molar-refractivity contribution in [2.45, 2.75) is 64.1 Å². The lowest BCUT2D eigenvalue weighted by Crippen LogP contribution is -2.45. The maximum Gasteiger partial charge on any atom is 0.0541 e. The third-order valence-corrected chi connectivity index (χ3v) is 2.33. The Hall–Kier alpha value is -0.0800. The Labute approximate surface area is 75.4 Å². The highest BCUT2D eigenvalue weighted by molar-refractivity contribution is 4.82. The van der Waals surface area contributed by atoms with Gasteiger partial charge in [0.2, 0.25) is 0 Å². The van der Waals surface area contributed by atoms with Gasteiger partial charge in [0.15, 0.2) is 0 Å². The van der Waals surface area contributed by atoms with E-state index in [-0.39, 0.29) is 11.6 Å². The fourth-order valence-electron chi connectivity index (χ4n) is 1.83. The van der Waals surface area contributed by atoms with Crippen LogP contribution in [-0.4, -0.2) is 22.8 Å². The summed E-state index contributed by atoms with van der Waals surface area (Å²) in [6.45, 7) is 6.58. The first-order valence-electron chi connectivity index (χ1n) is 4.93. The summed E-state index contributed by atoms with van der Waals surface area (Å²) in [5.41, 5.74) is 0.215. The first kappa shape index (κ1) is 10.0. The standard InChI is InChI=1S/C10H21NO/c1-10(2,3)11-8-4-6-9(12)7-5-8/h8-9,11-12H,4-7H2,1-3H3. The van der Waals surface area contributed by atoms with Crippen LogP contribution in [0.2, 0.25) is 0 Å². The molecule has 1 saturated carbocycles. The Kier molecular flexibility index (Phi) is 3.13. The molecule has 0 radical (unpaired) electrons. The molecule has 0 atom stereocenters. The number of hydrogen-bond acceptors (Lipinski definition) is 2. The summed E-state index contributed by atoms with van der Waals surface area (Å²) >= 11 is 0. The molecule has 72 valence electrons. The van der Waals surface area contributed by atoms with Crippen LogP contribution >= 0.6 is 0 Å². The van der Waals surface area contributed by atoms with Crippen molar-refractivity contribution < 1.29 is 5.11 Å². The average Bonchev–Trinajstić information content (AvgIpc) is 1.91. The Morgan fingerprint density at radius 2 is 1.58 bits per heavy atom. The number of aliphatic hydroxyl groups is 1. The summed E-state index contributed by atoms with van der Waals surface area (Å²) in [4.78, 5) is 0. The van der Waals surface area contributed by atoms with Crippen molar-refractivity contribution >= 4 is 0 Å². The minimum Gasteiger partial charge on any atom is -0.393 e.